The van der Waals surface area contributed by atoms with Crippen LogP contribution in [0.25, 0.3) is 0 Å². The fraction of sp³-hybridized carbons (Fsp3) is 0.625. The Balaban J connectivity index is 2.19. The smallest absolute Gasteiger partial charge is 0.390 e. The Hall–Kier alpha value is -1.25. The van der Waals surface area contributed by atoms with E-state index in [1.807, 2.05) is 0 Å². The van der Waals surface area contributed by atoms with Crippen molar-refractivity contribution in [3.8, 4) is 0 Å². The summed E-state index contributed by atoms with van der Waals surface area (Å²) in [6, 6.07) is 0. The summed E-state index contributed by atoms with van der Waals surface area (Å²) in [5.74, 6) is -0.453. The molecule has 0 amide bonds. The second kappa shape index (κ2) is 4.55. The first-order valence-electron chi connectivity index (χ1n) is 4.77. The number of alkyl halides is 2. The summed E-state index contributed by atoms with van der Waals surface area (Å²) in [7, 11) is 0. The molecule has 17 heavy (non-hydrogen) atoms. The van der Waals surface area contributed by atoms with Crippen LogP contribution in [0.4, 0.5) is 10.3 Å². The molecular formula is C8H9ClFN3O4. The van der Waals surface area contributed by atoms with Crippen LogP contribution in [0.1, 0.15) is 11.8 Å². The number of nitro groups is 1. The number of rotatable bonds is 3. The maximum Gasteiger partial charge on any atom is 0.432 e. The predicted molar refractivity (Wildman–Crippen MR) is 54.5 cm³/mol. The lowest BCUT2D eigenvalue weighted by Gasteiger charge is -2.09. The number of H-pyrrole nitrogens is 1. The number of aliphatic hydroxyl groups is 1. The summed E-state index contributed by atoms with van der Waals surface area (Å²) >= 11 is 5.87. The first-order chi connectivity index (χ1) is 8.04. The maximum atomic E-state index is 12.5. The fourth-order valence-electron chi connectivity index (χ4n) is 1.66. The Morgan fingerprint density at radius 1 is 1.76 bits per heavy atom. The van der Waals surface area contributed by atoms with Gasteiger partial charge >= 0.3 is 5.95 Å². The number of hydrogen-bond acceptors (Lipinski definition) is 5. The number of halogens is 2. The predicted octanol–water partition coefficient (Wildman–Crippen LogP) is 0.696. The van der Waals surface area contributed by atoms with E-state index in [4.69, 9.17) is 16.3 Å². The standard InChI is InChI=1S/C8H9ClFN3O4/c9-5-6(14)4(1-10)17-7(5)3-2-11-8(12-3)13(15)16/h2,4-7,14H,1H2,(H,11,12)/t4-,5-,6-,7+/m1/s1. The van der Waals surface area contributed by atoms with Gasteiger partial charge in [0.25, 0.3) is 0 Å². The van der Waals surface area contributed by atoms with Gasteiger partial charge in [0, 0.05) is 0 Å². The Bertz CT molecular complexity index is 429. The van der Waals surface area contributed by atoms with Crippen LogP contribution in [0.15, 0.2) is 6.20 Å². The molecule has 1 aromatic rings. The lowest BCUT2D eigenvalue weighted by molar-refractivity contribution is -0.393. The molecule has 4 atom stereocenters. The highest BCUT2D eigenvalue weighted by Crippen LogP contribution is 2.36. The molecule has 0 aromatic carbocycles. The average molecular weight is 266 g/mol. The summed E-state index contributed by atoms with van der Waals surface area (Å²) in [6.45, 7) is -0.878. The van der Waals surface area contributed by atoms with Crippen LogP contribution >= 0.6 is 11.6 Å². The second-order valence-electron chi connectivity index (χ2n) is 3.60. The number of hydrogen-bond donors (Lipinski definition) is 2. The molecule has 0 aliphatic carbocycles. The van der Waals surface area contributed by atoms with Gasteiger partial charge in [-0.15, -0.1) is 11.6 Å². The van der Waals surface area contributed by atoms with E-state index in [9.17, 15) is 19.6 Å². The monoisotopic (exact) mass is 265 g/mol. The molecule has 9 heteroatoms. The van der Waals surface area contributed by atoms with Crippen molar-refractivity contribution in [3.63, 3.8) is 0 Å². The lowest BCUT2D eigenvalue weighted by Crippen LogP contribution is -2.28. The molecule has 94 valence electrons. The number of aliphatic hydroxyl groups excluding tert-OH is 1. The maximum absolute atomic E-state index is 12.5. The van der Waals surface area contributed by atoms with Gasteiger partial charge in [-0.3, -0.25) is 0 Å². The Kier molecular flexibility index (Phi) is 3.27. The second-order valence-corrected chi connectivity index (χ2v) is 4.11. The Morgan fingerprint density at radius 2 is 2.47 bits per heavy atom. The first kappa shape index (κ1) is 12.2. The largest absolute Gasteiger partial charge is 0.432 e. The summed E-state index contributed by atoms with van der Waals surface area (Å²) in [6.07, 6.45) is -1.83. The van der Waals surface area contributed by atoms with Crippen LogP contribution in [-0.2, 0) is 4.74 Å². The van der Waals surface area contributed by atoms with Crippen molar-refractivity contribution in [3.05, 3.63) is 22.0 Å². The summed E-state index contributed by atoms with van der Waals surface area (Å²) in [5.41, 5.74) is 0.242. The zero-order valence-corrected chi connectivity index (χ0v) is 9.17. The van der Waals surface area contributed by atoms with Crippen LogP contribution in [0.5, 0.6) is 0 Å². The van der Waals surface area contributed by atoms with E-state index in [1.165, 1.54) is 6.20 Å². The molecule has 1 aliphatic heterocycles. The molecule has 7 nitrogen and oxygen atoms in total. The average Bonchev–Trinajstić information content (AvgIpc) is 2.87. The topological polar surface area (TPSA) is 101 Å². The molecule has 1 saturated heterocycles. The Labute approximate surface area is 99.7 Å². The summed E-state index contributed by atoms with van der Waals surface area (Å²) in [5, 5.41) is 19.1. The normalized spacial score (nSPS) is 32.9. The summed E-state index contributed by atoms with van der Waals surface area (Å²) < 4.78 is 17.6. The lowest BCUT2D eigenvalue weighted by atomic mass is 10.1. The first-order valence-corrected chi connectivity index (χ1v) is 5.21. The van der Waals surface area contributed by atoms with Gasteiger partial charge < -0.3 is 20.0 Å². The van der Waals surface area contributed by atoms with Gasteiger partial charge in [0.15, 0.2) is 0 Å². The highest BCUT2D eigenvalue weighted by molar-refractivity contribution is 6.21. The third-order valence-corrected chi connectivity index (χ3v) is 3.02. The van der Waals surface area contributed by atoms with E-state index in [0.717, 1.165) is 0 Å². The van der Waals surface area contributed by atoms with E-state index >= 15 is 0 Å². The van der Waals surface area contributed by atoms with Crippen LogP contribution < -0.4 is 0 Å². The molecule has 0 unspecified atom stereocenters. The quantitative estimate of drug-likeness (QED) is 0.476. The molecule has 2 N–H and O–H groups in total. The minimum absolute atomic E-state index is 0.242. The highest BCUT2D eigenvalue weighted by atomic mass is 35.5. The number of aromatic amines is 1. The number of aromatic nitrogens is 2. The van der Waals surface area contributed by atoms with E-state index < -0.39 is 41.2 Å². The van der Waals surface area contributed by atoms with Crippen LogP contribution in [0, 0.1) is 10.1 Å². The van der Waals surface area contributed by atoms with Crippen molar-refractivity contribution < 1.29 is 19.2 Å². The van der Waals surface area contributed by atoms with Crippen molar-refractivity contribution in [2.75, 3.05) is 6.67 Å². The molecule has 1 aliphatic rings. The van der Waals surface area contributed by atoms with E-state index in [2.05, 4.69) is 9.97 Å². The Morgan fingerprint density at radius 3 is 2.94 bits per heavy atom. The SMILES string of the molecule is O=[N+]([O-])c1ncc([C@@H]2O[C@H](CF)[C@@H](O)[C@H]2Cl)[nH]1. The fourth-order valence-corrected chi connectivity index (χ4v) is 2.02. The van der Waals surface area contributed by atoms with Gasteiger partial charge in [-0.25, -0.2) is 9.37 Å². The van der Waals surface area contributed by atoms with Crippen LogP contribution in [0.2, 0.25) is 0 Å². The van der Waals surface area contributed by atoms with Gasteiger partial charge in [0.2, 0.25) is 0 Å². The van der Waals surface area contributed by atoms with Crippen molar-refractivity contribution in [1.82, 2.24) is 9.97 Å². The van der Waals surface area contributed by atoms with Gasteiger partial charge in [0.1, 0.15) is 36.9 Å². The summed E-state index contributed by atoms with van der Waals surface area (Å²) in [4.78, 5) is 15.6. The van der Waals surface area contributed by atoms with Crippen LogP contribution in [0.3, 0.4) is 0 Å². The van der Waals surface area contributed by atoms with Gasteiger partial charge in [-0.1, -0.05) is 4.98 Å². The highest BCUT2D eigenvalue weighted by Gasteiger charge is 2.45. The van der Waals surface area contributed by atoms with Gasteiger partial charge in [-0.05, 0) is 4.92 Å². The minimum Gasteiger partial charge on any atom is -0.390 e. The van der Waals surface area contributed by atoms with Gasteiger partial charge in [-0.2, -0.15) is 0 Å². The zero-order chi connectivity index (χ0) is 12.6. The van der Waals surface area contributed by atoms with E-state index in [-0.39, 0.29) is 5.69 Å². The third-order valence-electron chi connectivity index (χ3n) is 2.53. The zero-order valence-electron chi connectivity index (χ0n) is 8.42. The van der Waals surface area contributed by atoms with Gasteiger partial charge in [0.05, 0.1) is 5.38 Å². The van der Waals surface area contributed by atoms with Crippen LogP contribution in [-0.4, -0.2) is 44.3 Å². The minimum atomic E-state index is -1.16. The van der Waals surface area contributed by atoms with E-state index in [0.29, 0.717) is 0 Å². The molecule has 1 aromatic heterocycles. The molecule has 2 heterocycles. The number of nitrogens with one attached hydrogen (secondary N) is 1. The third kappa shape index (κ3) is 2.11. The molecule has 2 rings (SSSR count). The number of ether oxygens (including phenoxy) is 1. The van der Waals surface area contributed by atoms with Crippen molar-refractivity contribution in [1.29, 1.82) is 0 Å². The molecule has 0 bridgehead atoms. The molecular weight excluding hydrogens is 257 g/mol. The molecule has 1 fully saturated rings. The van der Waals surface area contributed by atoms with Crippen molar-refractivity contribution in [2.24, 2.45) is 0 Å². The van der Waals surface area contributed by atoms with E-state index in [1.54, 1.807) is 0 Å². The van der Waals surface area contributed by atoms with Crippen molar-refractivity contribution in [2.45, 2.75) is 23.7 Å². The van der Waals surface area contributed by atoms with Crippen molar-refractivity contribution >= 4 is 17.5 Å². The number of imidazole rings is 1. The molecule has 0 spiro atoms. The molecule has 0 saturated carbocycles. The number of nitrogens with zero attached hydrogens (tertiary/aromatic N) is 2. The molecule has 0 radical (unpaired) electrons.